The lowest BCUT2D eigenvalue weighted by Crippen LogP contribution is -2.21. The third kappa shape index (κ3) is 3.58. The summed E-state index contributed by atoms with van der Waals surface area (Å²) >= 11 is 1.74. The van der Waals surface area contributed by atoms with Crippen molar-refractivity contribution in [3.8, 4) is 11.1 Å². The number of nitrogens with one attached hydrogen (secondary N) is 1. The molecule has 0 spiro atoms. The summed E-state index contributed by atoms with van der Waals surface area (Å²) in [6, 6.07) is 5.95. The molecule has 0 aliphatic carbocycles. The van der Waals surface area contributed by atoms with Gasteiger partial charge in [-0.15, -0.1) is 0 Å². The molecule has 120 valence electrons. The number of hydrogen-bond acceptors (Lipinski definition) is 3. The maximum Gasteiger partial charge on any atom is 0.0346 e. The Morgan fingerprint density at radius 1 is 1.09 bits per heavy atom. The van der Waals surface area contributed by atoms with E-state index in [1.54, 1.807) is 11.3 Å². The molecule has 2 fully saturated rings. The van der Waals surface area contributed by atoms with E-state index in [4.69, 9.17) is 0 Å². The molecule has 0 saturated carbocycles. The Kier molecular flexibility index (Phi) is 6.59. The molecular weight excluding hydrogens is 288 g/mol. The Labute approximate surface area is 139 Å². The van der Waals surface area contributed by atoms with Crippen LogP contribution in [0.15, 0.2) is 35.3 Å². The minimum atomic E-state index is 0.676. The average Bonchev–Trinajstić information content (AvgIpc) is 3.36. The van der Waals surface area contributed by atoms with Gasteiger partial charge >= 0.3 is 0 Å². The van der Waals surface area contributed by atoms with E-state index in [2.05, 4.69) is 39.4 Å². The SMILES string of the molecule is CC.CC.c1cc(-c2cncc(C3CC4CCC3N4)c2)cs1. The molecule has 2 aliphatic rings. The number of nitrogens with zero attached hydrogens (tertiary/aromatic N) is 1. The fourth-order valence-electron chi connectivity index (χ4n) is 3.44. The van der Waals surface area contributed by atoms with Crippen LogP contribution in [0, 0.1) is 0 Å². The van der Waals surface area contributed by atoms with Gasteiger partial charge in [0.05, 0.1) is 0 Å². The van der Waals surface area contributed by atoms with Crippen molar-refractivity contribution < 1.29 is 0 Å². The lowest BCUT2D eigenvalue weighted by molar-refractivity contribution is 0.505. The molecule has 3 unspecified atom stereocenters. The van der Waals surface area contributed by atoms with Gasteiger partial charge in [0.15, 0.2) is 0 Å². The standard InChI is InChI=1S/C15H16N2S.2C2H6/c1-2-15-14(6-13(1)17-15)12-5-11(7-16-8-12)10-3-4-18-9-10;2*1-2/h3-5,7-9,13-15,17H,1-2,6H2;2*1-2H3. The molecule has 0 amide bonds. The zero-order valence-corrected chi connectivity index (χ0v) is 15.0. The minimum Gasteiger partial charge on any atom is -0.311 e. The summed E-state index contributed by atoms with van der Waals surface area (Å²) in [5.41, 5.74) is 3.97. The average molecular weight is 317 g/mol. The van der Waals surface area contributed by atoms with Crippen LogP contribution in [-0.4, -0.2) is 17.1 Å². The van der Waals surface area contributed by atoms with Crippen molar-refractivity contribution in [3.63, 3.8) is 0 Å². The van der Waals surface area contributed by atoms with Gasteiger partial charge in [-0.3, -0.25) is 4.98 Å². The first-order valence-electron chi connectivity index (χ1n) is 8.64. The number of rotatable bonds is 2. The van der Waals surface area contributed by atoms with Crippen LogP contribution in [0.3, 0.4) is 0 Å². The van der Waals surface area contributed by atoms with Crippen molar-refractivity contribution in [2.45, 2.75) is 65.0 Å². The molecule has 4 rings (SSSR count). The fourth-order valence-corrected chi connectivity index (χ4v) is 4.10. The topological polar surface area (TPSA) is 24.9 Å². The summed E-state index contributed by atoms with van der Waals surface area (Å²) in [6.45, 7) is 8.00. The smallest absolute Gasteiger partial charge is 0.0346 e. The van der Waals surface area contributed by atoms with Crippen LogP contribution < -0.4 is 5.32 Å². The molecule has 0 aromatic carbocycles. The van der Waals surface area contributed by atoms with Gasteiger partial charge in [-0.2, -0.15) is 11.3 Å². The zero-order valence-electron chi connectivity index (χ0n) is 14.2. The number of pyridine rings is 1. The Bertz CT molecular complexity index is 550. The maximum absolute atomic E-state index is 4.45. The minimum absolute atomic E-state index is 0.676. The molecule has 4 heterocycles. The van der Waals surface area contributed by atoms with Crippen LogP contribution in [0.25, 0.3) is 11.1 Å². The van der Waals surface area contributed by atoms with Gasteiger partial charge in [-0.1, -0.05) is 27.7 Å². The van der Waals surface area contributed by atoms with Crippen molar-refractivity contribution in [2.75, 3.05) is 0 Å². The van der Waals surface area contributed by atoms with E-state index in [0.717, 1.165) is 6.04 Å². The van der Waals surface area contributed by atoms with Gasteiger partial charge in [-0.05, 0) is 53.3 Å². The van der Waals surface area contributed by atoms with Crippen LogP contribution in [0.4, 0.5) is 0 Å². The van der Waals surface area contributed by atoms with Gasteiger partial charge in [0, 0.05) is 36.0 Å². The summed E-state index contributed by atoms with van der Waals surface area (Å²) in [5, 5.41) is 8.03. The van der Waals surface area contributed by atoms with Crippen LogP contribution in [0.2, 0.25) is 0 Å². The summed E-state index contributed by atoms with van der Waals surface area (Å²) in [7, 11) is 0. The number of hydrogen-bond donors (Lipinski definition) is 1. The van der Waals surface area contributed by atoms with E-state index in [1.807, 2.05) is 33.9 Å². The van der Waals surface area contributed by atoms with Crippen LogP contribution in [-0.2, 0) is 0 Å². The highest BCUT2D eigenvalue weighted by molar-refractivity contribution is 7.08. The third-order valence-corrected chi connectivity index (χ3v) is 5.03. The number of fused-ring (bicyclic) bond motifs is 2. The molecule has 2 saturated heterocycles. The summed E-state index contributed by atoms with van der Waals surface area (Å²) in [5.74, 6) is 0.676. The lowest BCUT2D eigenvalue weighted by atomic mass is 9.84. The molecule has 22 heavy (non-hydrogen) atoms. The van der Waals surface area contributed by atoms with E-state index >= 15 is 0 Å². The summed E-state index contributed by atoms with van der Waals surface area (Å²) in [4.78, 5) is 4.45. The fraction of sp³-hybridized carbons (Fsp3) is 0.526. The normalized spacial score (nSPS) is 25.0. The molecule has 2 bridgehead atoms. The second-order valence-electron chi connectivity index (χ2n) is 5.41. The van der Waals surface area contributed by atoms with Gasteiger partial charge in [0.2, 0.25) is 0 Å². The van der Waals surface area contributed by atoms with Gasteiger partial charge in [0.25, 0.3) is 0 Å². The maximum atomic E-state index is 4.45. The first-order valence-corrected chi connectivity index (χ1v) is 9.58. The van der Waals surface area contributed by atoms with E-state index in [9.17, 15) is 0 Å². The lowest BCUT2D eigenvalue weighted by Gasteiger charge is -2.20. The Balaban J connectivity index is 0.000000410. The number of thiophene rings is 1. The first kappa shape index (κ1) is 17.2. The molecule has 2 aliphatic heterocycles. The molecule has 2 aromatic heterocycles. The van der Waals surface area contributed by atoms with Crippen molar-refractivity contribution in [1.29, 1.82) is 0 Å². The van der Waals surface area contributed by atoms with E-state index in [-0.39, 0.29) is 0 Å². The molecule has 3 atom stereocenters. The predicted molar refractivity (Wildman–Crippen MR) is 97.5 cm³/mol. The second kappa shape index (κ2) is 8.44. The van der Waals surface area contributed by atoms with E-state index in [0.29, 0.717) is 12.0 Å². The highest BCUT2D eigenvalue weighted by Crippen LogP contribution is 2.40. The van der Waals surface area contributed by atoms with Crippen LogP contribution >= 0.6 is 11.3 Å². The van der Waals surface area contributed by atoms with Crippen molar-refractivity contribution in [2.24, 2.45) is 0 Å². The Morgan fingerprint density at radius 2 is 1.91 bits per heavy atom. The summed E-state index contributed by atoms with van der Waals surface area (Å²) < 4.78 is 0. The van der Waals surface area contributed by atoms with Gasteiger partial charge in [-0.25, -0.2) is 0 Å². The first-order chi connectivity index (χ1) is 10.9. The molecule has 1 N–H and O–H groups in total. The predicted octanol–water partition coefficient (Wildman–Crippen LogP) is 5.47. The van der Waals surface area contributed by atoms with E-state index < -0.39 is 0 Å². The quantitative estimate of drug-likeness (QED) is 0.794. The van der Waals surface area contributed by atoms with Gasteiger partial charge < -0.3 is 5.32 Å². The zero-order chi connectivity index (χ0) is 15.9. The molecular formula is C19H28N2S. The molecule has 2 aromatic rings. The third-order valence-electron chi connectivity index (χ3n) is 4.34. The molecule has 0 radical (unpaired) electrons. The highest BCUT2D eigenvalue weighted by Gasteiger charge is 2.39. The van der Waals surface area contributed by atoms with Crippen LogP contribution in [0.5, 0.6) is 0 Å². The Hall–Kier alpha value is -1.19. The van der Waals surface area contributed by atoms with Crippen molar-refractivity contribution in [3.05, 3.63) is 40.8 Å². The van der Waals surface area contributed by atoms with Crippen molar-refractivity contribution in [1.82, 2.24) is 10.3 Å². The van der Waals surface area contributed by atoms with Crippen LogP contribution in [0.1, 0.15) is 58.4 Å². The van der Waals surface area contributed by atoms with Gasteiger partial charge in [0.1, 0.15) is 0 Å². The Morgan fingerprint density at radius 3 is 2.50 bits per heavy atom. The molecule has 2 nitrogen and oxygen atoms in total. The monoisotopic (exact) mass is 316 g/mol. The van der Waals surface area contributed by atoms with Crippen molar-refractivity contribution >= 4 is 11.3 Å². The highest BCUT2D eigenvalue weighted by atomic mass is 32.1. The number of aromatic nitrogens is 1. The largest absolute Gasteiger partial charge is 0.311 e. The van der Waals surface area contributed by atoms with E-state index in [1.165, 1.54) is 36.0 Å². The molecule has 3 heteroatoms. The summed E-state index contributed by atoms with van der Waals surface area (Å²) in [6.07, 6.45) is 8.02. The second-order valence-corrected chi connectivity index (χ2v) is 6.19.